The van der Waals surface area contributed by atoms with E-state index < -0.39 is 15.8 Å². The number of anilines is 1. The summed E-state index contributed by atoms with van der Waals surface area (Å²) < 4.78 is 49.2. The number of nitrogens with one attached hydrogen (secondary N) is 1. The summed E-state index contributed by atoms with van der Waals surface area (Å²) in [5.74, 6) is -3.45. The van der Waals surface area contributed by atoms with Crippen LogP contribution in [0.2, 0.25) is 0 Å². The van der Waals surface area contributed by atoms with Crippen LogP contribution >= 0.6 is 15.9 Å². The van der Waals surface area contributed by atoms with Crippen molar-refractivity contribution in [3.05, 3.63) is 40.9 Å². The molecule has 7 heteroatoms. The topological polar surface area (TPSA) is 46.2 Å². The monoisotopic (exact) mass is 335 g/mol. The van der Waals surface area contributed by atoms with Crippen molar-refractivity contribution < 1.29 is 17.2 Å². The second-order valence-corrected chi connectivity index (χ2v) is 6.18. The molecule has 0 aliphatic carbocycles. The summed E-state index contributed by atoms with van der Waals surface area (Å²) in [4.78, 5) is 0. The molecule has 0 heterocycles. The van der Waals surface area contributed by atoms with E-state index in [0.717, 1.165) is 15.2 Å². The normalized spacial score (nSPS) is 12.0. The molecule has 2 aromatic rings. The summed E-state index contributed by atoms with van der Waals surface area (Å²) >= 11 is 3.31. The van der Waals surface area contributed by atoms with Crippen LogP contribution < -0.4 is 4.72 Å². The molecule has 3 nitrogen and oxygen atoms in total. The molecule has 0 atom stereocenters. The van der Waals surface area contributed by atoms with Gasteiger partial charge in [0.15, 0.2) is 0 Å². The van der Waals surface area contributed by atoms with Gasteiger partial charge in [-0.25, -0.2) is 8.42 Å². The summed E-state index contributed by atoms with van der Waals surface area (Å²) in [6, 6.07) is 9.99. The van der Waals surface area contributed by atoms with Crippen LogP contribution in [0.4, 0.5) is 14.5 Å². The molecule has 1 N–H and O–H groups in total. The SMILES string of the molecule is O=S(=O)(Nc1ccc2cc(Br)ccc2c1)C(F)F. The number of sulfonamides is 1. The Morgan fingerprint density at radius 3 is 2.33 bits per heavy atom. The highest BCUT2D eigenvalue weighted by molar-refractivity contribution is 9.10. The van der Waals surface area contributed by atoms with Crippen molar-refractivity contribution in [2.45, 2.75) is 5.76 Å². The van der Waals surface area contributed by atoms with Gasteiger partial charge < -0.3 is 0 Å². The van der Waals surface area contributed by atoms with Gasteiger partial charge in [0.2, 0.25) is 0 Å². The standard InChI is InChI=1S/C11H8BrF2NO2S/c12-9-3-1-8-6-10(4-2-7(8)5-9)15-18(16,17)11(13)14/h1-6,11,15H. The zero-order chi connectivity index (χ0) is 13.3. The Balaban J connectivity index is 2.40. The van der Waals surface area contributed by atoms with Gasteiger partial charge in [0.05, 0.1) is 0 Å². The maximum absolute atomic E-state index is 12.2. The number of hydrogen-bond acceptors (Lipinski definition) is 2. The van der Waals surface area contributed by atoms with Crippen molar-refractivity contribution >= 4 is 42.4 Å². The van der Waals surface area contributed by atoms with Crippen LogP contribution in [0.1, 0.15) is 0 Å². The first-order valence-corrected chi connectivity index (χ1v) is 7.21. The third kappa shape index (κ3) is 2.78. The molecule has 0 aliphatic heterocycles. The van der Waals surface area contributed by atoms with Gasteiger partial charge in [0.25, 0.3) is 10.0 Å². The lowest BCUT2D eigenvalue weighted by atomic mass is 10.1. The average Bonchev–Trinajstić information content (AvgIpc) is 2.28. The van der Waals surface area contributed by atoms with Gasteiger partial charge in [-0.3, -0.25) is 4.72 Å². The zero-order valence-corrected chi connectivity index (χ0v) is 11.3. The highest BCUT2D eigenvalue weighted by Crippen LogP contribution is 2.24. The fraction of sp³-hybridized carbons (Fsp3) is 0.0909. The van der Waals surface area contributed by atoms with Crippen molar-refractivity contribution in [2.24, 2.45) is 0 Å². The maximum atomic E-state index is 12.2. The van der Waals surface area contributed by atoms with E-state index in [1.165, 1.54) is 12.1 Å². The number of rotatable bonds is 3. The zero-order valence-electron chi connectivity index (χ0n) is 8.90. The highest BCUT2D eigenvalue weighted by Gasteiger charge is 2.23. The van der Waals surface area contributed by atoms with E-state index in [0.29, 0.717) is 0 Å². The van der Waals surface area contributed by atoms with Crippen LogP contribution in [0, 0.1) is 0 Å². The predicted octanol–water partition coefficient (Wildman–Crippen LogP) is 3.57. The summed E-state index contributed by atoms with van der Waals surface area (Å²) in [6.45, 7) is 0. The van der Waals surface area contributed by atoms with Crippen LogP contribution in [0.25, 0.3) is 10.8 Å². The fourth-order valence-corrected chi connectivity index (χ4v) is 2.41. The molecule has 2 rings (SSSR count). The fourth-order valence-electron chi connectivity index (χ4n) is 1.49. The molecule has 0 aliphatic rings. The van der Waals surface area contributed by atoms with Gasteiger partial charge in [0, 0.05) is 10.2 Å². The Morgan fingerprint density at radius 2 is 1.67 bits per heavy atom. The summed E-state index contributed by atoms with van der Waals surface area (Å²) in [5, 5.41) is 1.64. The lowest BCUT2D eigenvalue weighted by Crippen LogP contribution is -2.20. The Kier molecular flexibility index (Phi) is 3.54. The second kappa shape index (κ2) is 4.81. The first-order chi connectivity index (χ1) is 8.38. The van der Waals surface area contributed by atoms with Crippen molar-refractivity contribution in [1.82, 2.24) is 0 Å². The maximum Gasteiger partial charge on any atom is 0.355 e. The molecule has 0 radical (unpaired) electrons. The molecule has 0 aromatic heterocycles. The molecule has 18 heavy (non-hydrogen) atoms. The van der Waals surface area contributed by atoms with Gasteiger partial charge in [-0.2, -0.15) is 8.78 Å². The molecule has 0 fully saturated rings. The van der Waals surface area contributed by atoms with Gasteiger partial charge >= 0.3 is 5.76 Å². The van der Waals surface area contributed by atoms with Crippen molar-refractivity contribution in [3.8, 4) is 0 Å². The van der Waals surface area contributed by atoms with E-state index in [1.54, 1.807) is 18.2 Å². The number of halogens is 3. The van der Waals surface area contributed by atoms with E-state index in [2.05, 4.69) is 15.9 Å². The van der Waals surface area contributed by atoms with E-state index in [4.69, 9.17) is 0 Å². The molecule has 0 amide bonds. The van der Waals surface area contributed by atoms with Gasteiger partial charge in [-0.15, -0.1) is 0 Å². The van der Waals surface area contributed by atoms with Gasteiger partial charge in [-0.05, 0) is 35.0 Å². The minimum absolute atomic E-state index is 0.116. The van der Waals surface area contributed by atoms with Crippen LogP contribution in [0.15, 0.2) is 40.9 Å². The Hall–Kier alpha value is -1.21. The van der Waals surface area contributed by atoms with Crippen LogP contribution in [-0.2, 0) is 10.0 Å². The molecule has 0 saturated heterocycles. The smallest absolute Gasteiger partial charge is 0.279 e. The molecular formula is C11H8BrF2NO2S. The second-order valence-electron chi connectivity index (χ2n) is 3.61. The first kappa shape index (κ1) is 13.2. The Morgan fingerprint density at radius 1 is 1.06 bits per heavy atom. The largest absolute Gasteiger partial charge is 0.355 e. The van der Waals surface area contributed by atoms with E-state index in [-0.39, 0.29) is 5.69 Å². The lowest BCUT2D eigenvalue weighted by molar-refractivity contribution is 0.236. The van der Waals surface area contributed by atoms with Crippen LogP contribution in [-0.4, -0.2) is 14.2 Å². The molecule has 0 bridgehead atoms. The number of hydrogen-bond donors (Lipinski definition) is 1. The quantitative estimate of drug-likeness (QED) is 0.931. The van der Waals surface area contributed by atoms with Crippen molar-refractivity contribution in [2.75, 3.05) is 4.72 Å². The Labute approximate surface area is 111 Å². The lowest BCUT2D eigenvalue weighted by Gasteiger charge is -2.08. The molecule has 96 valence electrons. The molecular weight excluding hydrogens is 328 g/mol. The van der Waals surface area contributed by atoms with E-state index in [1.807, 2.05) is 10.8 Å². The molecule has 0 spiro atoms. The van der Waals surface area contributed by atoms with Gasteiger partial charge in [0.1, 0.15) is 0 Å². The van der Waals surface area contributed by atoms with Gasteiger partial charge in [-0.1, -0.05) is 28.1 Å². The predicted molar refractivity (Wildman–Crippen MR) is 70.2 cm³/mol. The van der Waals surface area contributed by atoms with Crippen molar-refractivity contribution in [3.63, 3.8) is 0 Å². The molecule has 2 aromatic carbocycles. The van der Waals surface area contributed by atoms with E-state index in [9.17, 15) is 17.2 Å². The third-order valence-electron chi connectivity index (χ3n) is 2.30. The summed E-state index contributed by atoms with van der Waals surface area (Å²) in [7, 11) is -4.62. The number of fused-ring (bicyclic) bond motifs is 1. The summed E-state index contributed by atoms with van der Waals surface area (Å²) in [5.41, 5.74) is 0.116. The minimum Gasteiger partial charge on any atom is -0.279 e. The van der Waals surface area contributed by atoms with Crippen LogP contribution in [0.3, 0.4) is 0 Å². The highest BCUT2D eigenvalue weighted by atomic mass is 79.9. The number of alkyl halides is 2. The minimum atomic E-state index is -4.62. The van der Waals surface area contributed by atoms with Crippen LogP contribution in [0.5, 0.6) is 0 Å². The third-order valence-corrected chi connectivity index (χ3v) is 3.78. The molecule has 0 unspecified atom stereocenters. The van der Waals surface area contributed by atoms with E-state index >= 15 is 0 Å². The Bertz CT molecular complexity index is 689. The summed E-state index contributed by atoms with van der Waals surface area (Å²) in [6.07, 6.45) is 0. The average molecular weight is 336 g/mol. The first-order valence-electron chi connectivity index (χ1n) is 4.87. The van der Waals surface area contributed by atoms with Crippen molar-refractivity contribution in [1.29, 1.82) is 0 Å². The molecule has 0 saturated carbocycles. The number of benzene rings is 2.